The van der Waals surface area contributed by atoms with E-state index >= 15 is 0 Å². The number of amides is 1. The van der Waals surface area contributed by atoms with Crippen LogP contribution < -0.4 is 15.4 Å². The molecule has 1 amide bonds. The molecular weight excluding hydrogens is 356 g/mol. The molecule has 0 bridgehead atoms. The van der Waals surface area contributed by atoms with Gasteiger partial charge in [-0.15, -0.1) is 0 Å². The molecule has 0 saturated heterocycles. The van der Waals surface area contributed by atoms with Gasteiger partial charge in [-0.05, 0) is 24.6 Å². The Bertz CT molecular complexity index is 1130. The number of fused-ring (bicyclic) bond motifs is 2. The molecule has 4 rings (SSSR count). The fourth-order valence-electron chi connectivity index (χ4n) is 3.51. The summed E-state index contributed by atoms with van der Waals surface area (Å²) in [7, 11) is 3.37. The summed E-state index contributed by atoms with van der Waals surface area (Å²) in [5.74, 6) is 1.20. The number of anilines is 3. The first-order chi connectivity index (χ1) is 13.5. The molecule has 8 nitrogen and oxygen atoms in total. The molecule has 0 radical (unpaired) electrons. The van der Waals surface area contributed by atoms with Crippen molar-refractivity contribution in [2.24, 2.45) is 0 Å². The van der Waals surface area contributed by atoms with Crippen molar-refractivity contribution in [3.63, 3.8) is 0 Å². The second-order valence-corrected chi connectivity index (χ2v) is 6.62. The predicted octanol–water partition coefficient (Wildman–Crippen LogP) is 3.20. The lowest BCUT2D eigenvalue weighted by molar-refractivity contribution is 0.0816. The Morgan fingerprint density at radius 2 is 2.18 bits per heavy atom. The van der Waals surface area contributed by atoms with Crippen LogP contribution in [-0.2, 0) is 6.54 Å². The first kappa shape index (κ1) is 17.7. The molecule has 0 fully saturated rings. The van der Waals surface area contributed by atoms with Crippen LogP contribution >= 0.6 is 0 Å². The van der Waals surface area contributed by atoms with E-state index in [1.54, 1.807) is 31.3 Å². The summed E-state index contributed by atoms with van der Waals surface area (Å²) < 4.78 is 5.51. The molecule has 0 atom stereocenters. The zero-order valence-electron chi connectivity index (χ0n) is 15.9. The number of hydrogen-bond acceptors (Lipinski definition) is 6. The van der Waals surface area contributed by atoms with Gasteiger partial charge in [0.2, 0.25) is 0 Å². The third kappa shape index (κ3) is 2.77. The van der Waals surface area contributed by atoms with Crippen molar-refractivity contribution in [2.75, 3.05) is 31.3 Å². The average Bonchev–Trinajstić information content (AvgIpc) is 3.22. The number of nitriles is 1. The SMILES string of the molecule is CCNc1cc(Nc2cc3c(cc2OC)CN(C)C3=O)nc2[nH]cc(C#N)c12. The van der Waals surface area contributed by atoms with E-state index in [9.17, 15) is 10.1 Å². The van der Waals surface area contributed by atoms with Crippen LogP contribution in [0.4, 0.5) is 17.2 Å². The minimum atomic E-state index is -0.0134. The number of ether oxygens (including phenoxy) is 1. The van der Waals surface area contributed by atoms with E-state index in [0.29, 0.717) is 47.1 Å². The first-order valence-electron chi connectivity index (χ1n) is 8.95. The number of carbonyl (C=O) groups is 1. The molecular formula is C20H20N6O2. The molecule has 3 aromatic rings. The Balaban J connectivity index is 1.78. The van der Waals surface area contributed by atoms with E-state index in [4.69, 9.17) is 4.74 Å². The molecule has 2 aromatic heterocycles. The average molecular weight is 376 g/mol. The molecule has 0 unspecified atom stereocenters. The van der Waals surface area contributed by atoms with Crippen LogP contribution in [0.5, 0.6) is 5.75 Å². The molecule has 3 heterocycles. The van der Waals surface area contributed by atoms with Crippen molar-refractivity contribution in [1.82, 2.24) is 14.9 Å². The van der Waals surface area contributed by atoms with Gasteiger partial charge in [-0.1, -0.05) is 0 Å². The number of nitrogens with zero attached hydrogens (tertiary/aromatic N) is 3. The maximum Gasteiger partial charge on any atom is 0.254 e. The molecule has 1 aliphatic heterocycles. The van der Waals surface area contributed by atoms with Gasteiger partial charge in [0.15, 0.2) is 0 Å². The van der Waals surface area contributed by atoms with Gasteiger partial charge in [0.05, 0.1) is 29.4 Å². The lowest BCUT2D eigenvalue weighted by Gasteiger charge is -2.14. The van der Waals surface area contributed by atoms with Crippen molar-refractivity contribution in [3.05, 3.63) is 41.1 Å². The van der Waals surface area contributed by atoms with Crippen LogP contribution in [0.2, 0.25) is 0 Å². The number of pyridine rings is 1. The second kappa shape index (κ2) is 6.78. The van der Waals surface area contributed by atoms with Gasteiger partial charge in [-0.2, -0.15) is 5.26 Å². The van der Waals surface area contributed by atoms with E-state index in [0.717, 1.165) is 16.6 Å². The monoisotopic (exact) mass is 376 g/mol. The highest BCUT2D eigenvalue weighted by molar-refractivity contribution is 6.00. The van der Waals surface area contributed by atoms with E-state index in [1.807, 2.05) is 19.1 Å². The third-order valence-electron chi connectivity index (χ3n) is 4.80. The molecule has 1 aromatic carbocycles. The summed E-state index contributed by atoms with van der Waals surface area (Å²) in [5, 5.41) is 16.6. The Kier molecular flexibility index (Phi) is 4.28. The van der Waals surface area contributed by atoms with Crippen LogP contribution in [0.3, 0.4) is 0 Å². The second-order valence-electron chi connectivity index (χ2n) is 6.62. The van der Waals surface area contributed by atoms with Crippen molar-refractivity contribution in [1.29, 1.82) is 5.26 Å². The van der Waals surface area contributed by atoms with Crippen LogP contribution in [-0.4, -0.2) is 41.5 Å². The van der Waals surface area contributed by atoms with Crippen molar-refractivity contribution < 1.29 is 9.53 Å². The summed E-state index contributed by atoms with van der Waals surface area (Å²) in [4.78, 5) is 21.6. The van der Waals surface area contributed by atoms with Gasteiger partial charge in [-0.3, -0.25) is 4.79 Å². The Labute approximate surface area is 162 Å². The van der Waals surface area contributed by atoms with E-state index in [2.05, 4.69) is 26.7 Å². The summed E-state index contributed by atoms with van der Waals surface area (Å²) in [6, 6.07) is 7.71. The molecule has 0 saturated carbocycles. The first-order valence-corrected chi connectivity index (χ1v) is 8.95. The number of hydrogen-bond donors (Lipinski definition) is 3. The molecule has 3 N–H and O–H groups in total. The normalized spacial score (nSPS) is 12.8. The molecule has 8 heteroatoms. The number of carbonyl (C=O) groups excluding carboxylic acids is 1. The molecule has 142 valence electrons. The highest BCUT2D eigenvalue weighted by Gasteiger charge is 2.26. The molecule has 28 heavy (non-hydrogen) atoms. The van der Waals surface area contributed by atoms with Gasteiger partial charge >= 0.3 is 0 Å². The Morgan fingerprint density at radius 3 is 2.89 bits per heavy atom. The van der Waals surface area contributed by atoms with Crippen LogP contribution in [0.15, 0.2) is 24.4 Å². The minimum absolute atomic E-state index is 0.0134. The number of nitrogens with one attached hydrogen (secondary N) is 3. The smallest absolute Gasteiger partial charge is 0.254 e. The fourth-order valence-corrected chi connectivity index (χ4v) is 3.51. The summed E-state index contributed by atoms with van der Waals surface area (Å²) in [6.45, 7) is 3.26. The van der Waals surface area contributed by atoms with Gasteiger partial charge in [0.25, 0.3) is 5.91 Å². The minimum Gasteiger partial charge on any atom is -0.495 e. The zero-order valence-corrected chi connectivity index (χ0v) is 15.9. The number of rotatable bonds is 5. The Morgan fingerprint density at radius 1 is 1.36 bits per heavy atom. The van der Waals surface area contributed by atoms with Crippen LogP contribution in [0, 0.1) is 11.3 Å². The zero-order chi connectivity index (χ0) is 19.8. The summed E-state index contributed by atoms with van der Waals surface area (Å²) in [5.41, 5.74) is 4.21. The van der Waals surface area contributed by atoms with Gasteiger partial charge in [-0.25, -0.2) is 4.98 Å². The van der Waals surface area contributed by atoms with Crippen LogP contribution in [0.25, 0.3) is 11.0 Å². The van der Waals surface area contributed by atoms with Crippen molar-refractivity contribution in [3.8, 4) is 11.8 Å². The number of aromatic amines is 1. The third-order valence-corrected chi connectivity index (χ3v) is 4.80. The number of aromatic nitrogens is 2. The van der Waals surface area contributed by atoms with E-state index in [1.165, 1.54) is 0 Å². The van der Waals surface area contributed by atoms with Gasteiger partial charge < -0.3 is 25.3 Å². The number of benzene rings is 1. The van der Waals surface area contributed by atoms with E-state index in [-0.39, 0.29) is 5.91 Å². The van der Waals surface area contributed by atoms with E-state index < -0.39 is 0 Å². The molecule has 1 aliphatic rings. The number of H-pyrrole nitrogens is 1. The maximum atomic E-state index is 12.3. The van der Waals surface area contributed by atoms with Gasteiger partial charge in [0.1, 0.15) is 23.3 Å². The van der Waals surface area contributed by atoms with Crippen LogP contribution in [0.1, 0.15) is 28.4 Å². The van der Waals surface area contributed by atoms with Crippen molar-refractivity contribution >= 4 is 34.1 Å². The standard InChI is InChI=1S/C20H20N6O2/c1-4-22-15-7-17(25-19-18(15)12(8-21)9-23-19)24-14-6-13-11(5-16(14)28-3)10-26(2)20(13)27/h5-7,9H,4,10H2,1-3H3,(H3,22,23,24,25). The highest BCUT2D eigenvalue weighted by Crippen LogP contribution is 2.36. The van der Waals surface area contributed by atoms with Crippen molar-refractivity contribution in [2.45, 2.75) is 13.5 Å². The summed E-state index contributed by atoms with van der Waals surface area (Å²) in [6.07, 6.45) is 1.65. The lowest BCUT2D eigenvalue weighted by atomic mass is 10.1. The quantitative estimate of drug-likeness (QED) is 0.631. The Hall–Kier alpha value is -3.73. The predicted molar refractivity (Wildman–Crippen MR) is 107 cm³/mol. The largest absolute Gasteiger partial charge is 0.495 e. The molecule has 0 spiro atoms. The van der Waals surface area contributed by atoms with Gasteiger partial charge in [0, 0.05) is 38.0 Å². The molecule has 0 aliphatic carbocycles. The number of methoxy groups -OCH3 is 1. The maximum absolute atomic E-state index is 12.3. The topological polar surface area (TPSA) is 106 Å². The highest BCUT2D eigenvalue weighted by atomic mass is 16.5. The summed E-state index contributed by atoms with van der Waals surface area (Å²) >= 11 is 0. The lowest BCUT2D eigenvalue weighted by Crippen LogP contribution is -2.17. The fraction of sp³-hybridized carbons (Fsp3) is 0.250.